The van der Waals surface area contributed by atoms with Crippen LogP contribution in [0.25, 0.3) is 0 Å². The highest BCUT2D eigenvalue weighted by molar-refractivity contribution is 6.33. The Morgan fingerprint density at radius 2 is 2.16 bits per heavy atom. The Bertz CT molecular complexity index is 438. The molecule has 1 atom stereocenters. The lowest BCUT2D eigenvalue weighted by atomic mass is 10.2. The zero-order valence-electron chi connectivity index (χ0n) is 10.8. The number of nitrogens with one attached hydrogen (secondary N) is 1. The molecule has 6 heteroatoms. The van der Waals surface area contributed by atoms with Gasteiger partial charge in [-0.05, 0) is 32.0 Å². The molecule has 0 aliphatic carbocycles. The van der Waals surface area contributed by atoms with E-state index in [1.54, 1.807) is 32.0 Å². The van der Waals surface area contributed by atoms with Crippen LogP contribution < -0.4 is 5.32 Å². The SMILES string of the molecule is CC(C)OC(=O)c1ccc(Cl)c(NCC(O)CCl)c1. The number of carbonyl (C=O) groups is 1. The highest BCUT2D eigenvalue weighted by atomic mass is 35.5. The molecule has 19 heavy (non-hydrogen) atoms. The zero-order chi connectivity index (χ0) is 14.4. The molecule has 1 aromatic carbocycles. The van der Waals surface area contributed by atoms with E-state index in [1.165, 1.54) is 0 Å². The predicted molar refractivity (Wildman–Crippen MR) is 77.2 cm³/mol. The average Bonchev–Trinajstić information content (AvgIpc) is 2.36. The first-order valence-corrected chi connectivity index (χ1v) is 6.83. The molecular weight excluding hydrogens is 289 g/mol. The minimum atomic E-state index is -0.677. The summed E-state index contributed by atoms with van der Waals surface area (Å²) in [4.78, 5) is 11.7. The maximum atomic E-state index is 11.7. The van der Waals surface area contributed by atoms with Gasteiger partial charge in [0.05, 0.1) is 34.4 Å². The highest BCUT2D eigenvalue weighted by Crippen LogP contribution is 2.23. The summed E-state index contributed by atoms with van der Waals surface area (Å²) >= 11 is 11.5. The first-order valence-electron chi connectivity index (χ1n) is 5.92. The number of anilines is 1. The van der Waals surface area contributed by atoms with Gasteiger partial charge in [0.1, 0.15) is 0 Å². The monoisotopic (exact) mass is 305 g/mol. The molecule has 0 saturated carbocycles. The maximum absolute atomic E-state index is 11.7. The molecule has 2 N–H and O–H groups in total. The van der Waals surface area contributed by atoms with Gasteiger partial charge >= 0.3 is 5.97 Å². The van der Waals surface area contributed by atoms with Crippen molar-refractivity contribution in [3.05, 3.63) is 28.8 Å². The van der Waals surface area contributed by atoms with Crippen LogP contribution in [0.15, 0.2) is 18.2 Å². The van der Waals surface area contributed by atoms with Crippen LogP contribution in [0, 0.1) is 0 Å². The lowest BCUT2D eigenvalue weighted by molar-refractivity contribution is 0.0378. The number of carbonyl (C=O) groups excluding carboxylic acids is 1. The molecule has 0 aliphatic heterocycles. The van der Waals surface area contributed by atoms with Crippen molar-refractivity contribution in [2.75, 3.05) is 17.7 Å². The van der Waals surface area contributed by atoms with E-state index in [-0.39, 0.29) is 18.5 Å². The Labute approximate surface area is 122 Å². The predicted octanol–water partition coefficient (Wildman–Crippen LogP) is 2.92. The molecule has 106 valence electrons. The van der Waals surface area contributed by atoms with Gasteiger partial charge in [-0.1, -0.05) is 11.6 Å². The van der Waals surface area contributed by atoms with Crippen molar-refractivity contribution in [1.29, 1.82) is 0 Å². The average molecular weight is 306 g/mol. The van der Waals surface area contributed by atoms with Crippen LogP contribution >= 0.6 is 23.2 Å². The summed E-state index contributed by atoms with van der Waals surface area (Å²) in [6.07, 6.45) is -0.860. The van der Waals surface area contributed by atoms with Crippen LogP contribution in [-0.4, -0.2) is 35.7 Å². The third-order valence-electron chi connectivity index (χ3n) is 2.25. The van der Waals surface area contributed by atoms with E-state index in [9.17, 15) is 9.90 Å². The number of aliphatic hydroxyl groups excluding tert-OH is 1. The Balaban J connectivity index is 2.79. The summed E-state index contributed by atoms with van der Waals surface area (Å²) in [5.74, 6) is -0.285. The number of ether oxygens (including phenoxy) is 1. The first-order chi connectivity index (χ1) is 8.93. The third kappa shape index (κ3) is 5.27. The van der Waals surface area contributed by atoms with Gasteiger partial charge in [-0.25, -0.2) is 4.79 Å². The van der Waals surface area contributed by atoms with Gasteiger partial charge in [0.25, 0.3) is 0 Å². The normalized spacial score (nSPS) is 12.3. The van der Waals surface area contributed by atoms with E-state index < -0.39 is 12.1 Å². The largest absolute Gasteiger partial charge is 0.459 e. The van der Waals surface area contributed by atoms with Crippen molar-refractivity contribution >= 4 is 34.9 Å². The molecule has 0 amide bonds. The van der Waals surface area contributed by atoms with E-state index in [1.807, 2.05) is 0 Å². The van der Waals surface area contributed by atoms with Crippen molar-refractivity contribution < 1.29 is 14.6 Å². The third-order valence-corrected chi connectivity index (χ3v) is 2.94. The number of alkyl halides is 1. The Kier molecular flexibility index (Phi) is 6.42. The van der Waals surface area contributed by atoms with Crippen LogP contribution in [0.2, 0.25) is 5.02 Å². The fourth-order valence-electron chi connectivity index (χ4n) is 1.35. The van der Waals surface area contributed by atoms with Crippen LogP contribution in [-0.2, 0) is 4.74 Å². The van der Waals surface area contributed by atoms with Crippen molar-refractivity contribution in [1.82, 2.24) is 0 Å². The molecule has 1 unspecified atom stereocenters. The molecule has 1 rings (SSSR count). The summed E-state index contributed by atoms with van der Waals surface area (Å²) in [5.41, 5.74) is 0.963. The molecule has 0 fully saturated rings. The molecule has 0 spiro atoms. The maximum Gasteiger partial charge on any atom is 0.338 e. The summed E-state index contributed by atoms with van der Waals surface area (Å²) in [6.45, 7) is 3.82. The first kappa shape index (κ1) is 16.1. The molecule has 0 aliphatic rings. The minimum Gasteiger partial charge on any atom is -0.459 e. The van der Waals surface area contributed by atoms with Crippen LogP contribution in [0.3, 0.4) is 0 Å². The van der Waals surface area contributed by atoms with Gasteiger partial charge in [-0.3, -0.25) is 0 Å². The second-order valence-electron chi connectivity index (χ2n) is 4.34. The minimum absolute atomic E-state index is 0.125. The molecule has 1 aromatic rings. The van der Waals surface area contributed by atoms with Crippen molar-refractivity contribution in [3.63, 3.8) is 0 Å². The molecule has 0 heterocycles. The second-order valence-corrected chi connectivity index (χ2v) is 5.05. The summed E-state index contributed by atoms with van der Waals surface area (Å²) in [6, 6.07) is 4.79. The Morgan fingerprint density at radius 1 is 1.47 bits per heavy atom. The molecule has 4 nitrogen and oxygen atoms in total. The molecule has 0 bridgehead atoms. The standard InChI is InChI=1S/C13H17Cl2NO3/c1-8(2)19-13(18)9-3-4-11(15)12(5-9)16-7-10(17)6-14/h3-5,8,10,16-17H,6-7H2,1-2H3. The van der Waals surface area contributed by atoms with E-state index in [0.717, 1.165) is 0 Å². The topological polar surface area (TPSA) is 58.6 Å². The van der Waals surface area contributed by atoms with E-state index in [4.69, 9.17) is 27.9 Å². The fraction of sp³-hybridized carbons (Fsp3) is 0.462. The van der Waals surface area contributed by atoms with Gasteiger partial charge < -0.3 is 15.2 Å². The van der Waals surface area contributed by atoms with E-state index in [0.29, 0.717) is 16.3 Å². The van der Waals surface area contributed by atoms with Crippen molar-refractivity contribution in [2.24, 2.45) is 0 Å². The van der Waals surface area contributed by atoms with Gasteiger partial charge in [0.2, 0.25) is 0 Å². The number of benzene rings is 1. The summed E-state index contributed by atoms with van der Waals surface area (Å²) in [7, 11) is 0. The van der Waals surface area contributed by atoms with Gasteiger partial charge in [0.15, 0.2) is 0 Å². The Morgan fingerprint density at radius 3 is 2.74 bits per heavy atom. The number of hydrogen-bond acceptors (Lipinski definition) is 4. The van der Waals surface area contributed by atoms with E-state index >= 15 is 0 Å². The number of hydrogen-bond donors (Lipinski definition) is 2. The van der Waals surface area contributed by atoms with Crippen LogP contribution in [0.1, 0.15) is 24.2 Å². The van der Waals surface area contributed by atoms with Crippen molar-refractivity contribution in [2.45, 2.75) is 26.1 Å². The Hall–Kier alpha value is -0.970. The lowest BCUT2D eigenvalue weighted by Crippen LogP contribution is -2.21. The number of esters is 1. The van der Waals surface area contributed by atoms with Gasteiger partial charge in [0, 0.05) is 6.54 Å². The van der Waals surface area contributed by atoms with Gasteiger partial charge in [-0.2, -0.15) is 0 Å². The fourth-order valence-corrected chi connectivity index (χ4v) is 1.65. The quantitative estimate of drug-likeness (QED) is 0.627. The number of rotatable bonds is 6. The molecular formula is C13H17Cl2NO3. The second kappa shape index (κ2) is 7.58. The molecule has 0 saturated heterocycles. The highest BCUT2D eigenvalue weighted by Gasteiger charge is 2.12. The van der Waals surface area contributed by atoms with Crippen LogP contribution in [0.5, 0.6) is 0 Å². The van der Waals surface area contributed by atoms with Crippen molar-refractivity contribution in [3.8, 4) is 0 Å². The molecule has 0 radical (unpaired) electrons. The van der Waals surface area contributed by atoms with E-state index in [2.05, 4.69) is 5.32 Å². The van der Waals surface area contributed by atoms with Gasteiger partial charge in [-0.15, -0.1) is 11.6 Å². The number of aliphatic hydroxyl groups is 1. The zero-order valence-corrected chi connectivity index (χ0v) is 12.3. The molecule has 0 aromatic heterocycles. The number of halogens is 2. The summed E-state index contributed by atoms with van der Waals surface area (Å²) < 4.78 is 5.10. The lowest BCUT2D eigenvalue weighted by Gasteiger charge is -2.13. The van der Waals surface area contributed by atoms with Crippen LogP contribution in [0.4, 0.5) is 5.69 Å². The smallest absolute Gasteiger partial charge is 0.338 e. The summed E-state index contributed by atoms with van der Waals surface area (Å²) in [5, 5.41) is 12.8.